The molecule has 1 aromatic carbocycles. The monoisotopic (exact) mass is 253 g/mol. The lowest BCUT2D eigenvalue weighted by Gasteiger charge is -2.26. The first-order chi connectivity index (χ1) is 8.67. The van der Waals surface area contributed by atoms with Gasteiger partial charge in [-0.05, 0) is 37.0 Å². The number of hydrogen-bond donors (Lipinski definition) is 1. The van der Waals surface area contributed by atoms with Crippen LogP contribution in [-0.4, -0.2) is 26.6 Å². The molecule has 0 amide bonds. The first-order valence-electron chi connectivity index (χ1n) is 6.26. The van der Waals surface area contributed by atoms with Crippen molar-refractivity contribution in [3.05, 3.63) is 35.1 Å². The third kappa shape index (κ3) is 2.55. The van der Waals surface area contributed by atoms with E-state index in [9.17, 15) is 4.39 Å². The number of halogens is 1. The Morgan fingerprint density at radius 3 is 2.72 bits per heavy atom. The second kappa shape index (κ2) is 5.78. The van der Waals surface area contributed by atoms with Gasteiger partial charge in [-0.3, -0.25) is 0 Å². The van der Waals surface area contributed by atoms with Crippen LogP contribution in [0, 0.1) is 5.82 Å². The maximum Gasteiger partial charge on any atom is 0.171 e. The van der Waals surface area contributed by atoms with E-state index in [2.05, 4.69) is 5.32 Å². The van der Waals surface area contributed by atoms with Crippen LogP contribution in [0.15, 0.2) is 18.2 Å². The van der Waals surface area contributed by atoms with Gasteiger partial charge in [0, 0.05) is 20.3 Å². The van der Waals surface area contributed by atoms with E-state index < -0.39 is 0 Å². The van der Waals surface area contributed by atoms with Crippen molar-refractivity contribution in [3.63, 3.8) is 0 Å². The summed E-state index contributed by atoms with van der Waals surface area (Å²) in [6.07, 6.45) is 1.42. The van der Waals surface area contributed by atoms with Crippen LogP contribution < -0.4 is 5.32 Å². The third-order valence-electron chi connectivity index (χ3n) is 3.55. The lowest BCUT2D eigenvalue weighted by atomic mass is 10.1. The zero-order valence-corrected chi connectivity index (χ0v) is 11.1. The number of benzene rings is 1. The fourth-order valence-electron chi connectivity index (χ4n) is 2.68. The largest absolute Gasteiger partial charge is 0.354 e. The maximum absolute atomic E-state index is 13.6. The van der Waals surface area contributed by atoms with E-state index in [1.54, 1.807) is 20.3 Å². The highest BCUT2D eigenvalue weighted by molar-refractivity contribution is 5.35. The Morgan fingerprint density at radius 2 is 2.06 bits per heavy atom. The number of ether oxygens (including phenoxy) is 2. The van der Waals surface area contributed by atoms with Gasteiger partial charge in [0.05, 0.1) is 6.04 Å². The van der Waals surface area contributed by atoms with Gasteiger partial charge in [0.1, 0.15) is 5.82 Å². The van der Waals surface area contributed by atoms with Crippen molar-refractivity contribution >= 4 is 0 Å². The van der Waals surface area contributed by atoms with E-state index >= 15 is 0 Å². The van der Waals surface area contributed by atoms with E-state index in [1.165, 1.54) is 6.07 Å². The summed E-state index contributed by atoms with van der Waals surface area (Å²) in [5.41, 5.74) is 1.90. The average Bonchev–Trinajstić information content (AvgIpc) is 2.76. The Kier molecular flexibility index (Phi) is 4.32. The predicted molar refractivity (Wildman–Crippen MR) is 67.9 cm³/mol. The minimum Gasteiger partial charge on any atom is -0.354 e. The van der Waals surface area contributed by atoms with Gasteiger partial charge in [-0.2, -0.15) is 0 Å². The lowest BCUT2D eigenvalue weighted by Crippen LogP contribution is -2.41. The van der Waals surface area contributed by atoms with Crippen molar-refractivity contribution in [1.29, 1.82) is 0 Å². The fraction of sp³-hybridized carbons (Fsp3) is 0.571. The Morgan fingerprint density at radius 1 is 1.33 bits per heavy atom. The van der Waals surface area contributed by atoms with Crippen LogP contribution in [0.2, 0.25) is 0 Å². The molecule has 0 fully saturated rings. The van der Waals surface area contributed by atoms with Crippen LogP contribution in [0.3, 0.4) is 0 Å². The van der Waals surface area contributed by atoms with Gasteiger partial charge >= 0.3 is 0 Å². The number of rotatable bonds is 5. The lowest BCUT2D eigenvalue weighted by molar-refractivity contribution is -0.121. The predicted octanol–water partition coefficient (Wildman–Crippen LogP) is 2.41. The molecule has 3 nitrogen and oxygen atoms in total. The van der Waals surface area contributed by atoms with Crippen LogP contribution in [0.5, 0.6) is 0 Å². The number of methoxy groups -OCH3 is 2. The quantitative estimate of drug-likeness (QED) is 0.817. The molecule has 2 atom stereocenters. The molecule has 0 radical (unpaired) electrons. The summed E-state index contributed by atoms with van der Waals surface area (Å²) in [5, 5.41) is 3.45. The van der Waals surface area contributed by atoms with Crippen LogP contribution in [-0.2, 0) is 15.9 Å². The van der Waals surface area contributed by atoms with Gasteiger partial charge < -0.3 is 14.8 Å². The van der Waals surface area contributed by atoms with Crippen LogP contribution in [0.4, 0.5) is 4.39 Å². The molecule has 4 heteroatoms. The molecule has 1 N–H and O–H groups in total. The minimum absolute atomic E-state index is 0.0548. The topological polar surface area (TPSA) is 30.5 Å². The van der Waals surface area contributed by atoms with E-state index in [0.29, 0.717) is 0 Å². The molecule has 1 aromatic rings. The molecule has 1 aliphatic carbocycles. The normalized spacial score (nSPS) is 20.2. The van der Waals surface area contributed by atoms with Gasteiger partial charge in [-0.1, -0.05) is 12.1 Å². The van der Waals surface area contributed by atoms with E-state index in [1.807, 2.05) is 13.0 Å². The molecule has 0 saturated heterocycles. The van der Waals surface area contributed by atoms with E-state index in [4.69, 9.17) is 9.47 Å². The first kappa shape index (κ1) is 13.5. The second-order valence-electron chi connectivity index (χ2n) is 4.69. The Bertz CT molecular complexity index is 407. The highest BCUT2D eigenvalue weighted by atomic mass is 19.1. The molecule has 0 aromatic heterocycles. The third-order valence-corrected chi connectivity index (χ3v) is 3.55. The van der Waals surface area contributed by atoms with Gasteiger partial charge in [-0.25, -0.2) is 4.39 Å². The SMILES string of the molecule is COC(OC)C(C)NC1CCc2c(F)cccc21. The van der Waals surface area contributed by atoms with E-state index in [0.717, 1.165) is 24.0 Å². The zero-order chi connectivity index (χ0) is 13.1. The maximum atomic E-state index is 13.6. The molecular weight excluding hydrogens is 233 g/mol. The van der Waals surface area contributed by atoms with Crippen molar-refractivity contribution in [3.8, 4) is 0 Å². The van der Waals surface area contributed by atoms with Gasteiger partial charge in [-0.15, -0.1) is 0 Å². The molecule has 0 aliphatic heterocycles. The standard InChI is InChI=1S/C14H20FNO2/c1-9(14(17-2)18-3)16-13-8-7-10-11(13)5-4-6-12(10)15/h4-6,9,13-14,16H,7-8H2,1-3H3. The molecule has 0 spiro atoms. The molecule has 2 unspecified atom stereocenters. The molecule has 100 valence electrons. The van der Waals surface area contributed by atoms with Crippen molar-refractivity contribution in [2.24, 2.45) is 0 Å². The molecule has 0 saturated carbocycles. The van der Waals surface area contributed by atoms with E-state index in [-0.39, 0.29) is 24.2 Å². The Hall–Kier alpha value is -0.970. The summed E-state index contributed by atoms with van der Waals surface area (Å²) in [6.45, 7) is 2.01. The highest BCUT2D eigenvalue weighted by Crippen LogP contribution is 2.33. The van der Waals surface area contributed by atoms with Crippen LogP contribution >= 0.6 is 0 Å². The first-order valence-corrected chi connectivity index (χ1v) is 6.26. The van der Waals surface area contributed by atoms with Crippen LogP contribution in [0.1, 0.15) is 30.5 Å². The molecule has 0 bridgehead atoms. The van der Waals surface area contributed by atoms with Crippen molar-refractivity contribution in [1.82, 2.24) is 5.32 Å². The molecule has 2 rings (SSSR count). The number of hydrogen-bond acceptors (Lipinski definition) is 3. The van der Waals surface area contributed by atoms with Crippen molar-refractivity contribution < 1.29 is 13.9 Å². The van der Waals surface area contributed by atoms with Crippen molar-refractivity contribution in [2.75, 3.05) is 14.2 Å². The van der Waals surface area contributed by atoms with Gasteiger partial charge in [0.15, 0.2) is 6.29 Å². The van der Waals surface area contributed by atoms with Crippen molar-refractivity contribution in [2.45, 2.75) is 38.1 Å². The zero-order valence-electron chi connectivity index (χ0n) is 11.1. The van der Waals surface area contributed by atoms with Crippen LogP contribution in [0.25, 0.3) is 0 Å². The summed E-state index contributed by atoms with van der Waals surface area (Å²) < 4.78 is 24.1. The molecule has 0 heterocycles. The average molecular weight is 253 g/mol. The summed E-state index contributed by atoms with van der Waals surface area (Å²) in [4.78, 5) is 0. The summed E-state index contributed by atoms with van der Waals surface area (Å²) in [7, 11) is 3.24. The van der Waals surface area contributed by atoms with Gasteiger partial charge in [0.2, 0.25) is 0 Å². The smallest absolute Gasteiger partial charge is 0.171 e. The molecule has 1 aliphatic rings. The summed E-state index contributed by atoms with van der Waals surface area (Å²) in [5.74, 6) is -0.0977. The van der Waals surface area contributed by atoms with Gasteiger partial charge in [0.25, 0.3) is 0 Å². The highest BCUT2D eigenvalue weighted by Gasteiger charge is 2.27. The summed E-state index contributed by atoms with van der Waals surface area (Å²) >= 11 is 0. The Labute approximate surface area is 107 Å². The Balaban J connectivity index is 2.08. The minimum atomic E-state index is -0.289. The molecular formula is C14H20FNO2. The number of fused-ring (bicyclic) bond motifs is 1. The fourth-order valence-corrected chi connectivity index (χ4v) is 2.68. The summed E-state index contributed by atoms with van der Waals surface area (Å²) in [6, 6.07) is 5.52. The second-order valence-corrected chi connectivity index (χ2v) is 4.69. The molecule has 18 heavy (non-hydrogen) atoms. The number of nitrogens with one attached hydrogen (secondary N) is 1.